The molecule has 0 amide bonds. The summed E-state index contributed by atoms with van der Waals surface area (Å²) in [7, 11) is 0. The van der Waals surface area contributed by atoms with Gasteiger partial charge in [-0.2, -0.15) is 0 Å². The molecule has 0 aliphatic heterocycles. The van der Waals surface area contributed by atoms with E-state index in [1.165, 1.54) is 12.8 Å². The quantitative estimate of drug-likeness (QED) is 0.773. The van der Waals surface area contributed by atoms with E-state index >= 15 is 0 Å². The summed E-state index contributed by atoms with van der Waals surface area (Å²) in [6.07, 6.45) is 4.01. The number of fused-ring (bicyclic) bond motifs is 2. The molecule has 0 radical (unpaired) electrons. The summed E-state index contributed by atoms with van der Waals surface area (Å²) in [5, 5.41) is 9.08. The summed E-state index contributed by atoms with van der Waals surface area (Å²) in [5.74, 6) is -0.238. The van der Waals surface area contributed by atoms with Gasteiger partial charge in [0.15, 0.2) is 0 Å². The molecule has 108 valence electrons. The average molecular weight is 266 g/mol. The van der Waals surface area contributed by atoms with Gasteiger partial charge in [-0.15, -0.1) is 0 Å². The Morgan fingerprint density at radius 3 is 2.47 bits per heavy atom. The van der Waals surface area contributed by atoms with Crippen LogP contribution >= 0.6 is 0 Å². The molecule has 2 bridgehead atoms. The molecule has 0 aromatic carbocycles. The van der Waals surface area contributed by atoms with Gasteiger partial charge in [-0.25, -0.2) is 4.79 Å². The van der Waals surface area contributed by atoms with Gasteiger partial charge in [-0.3, -0.25) is 0 Å². The van der Waals surface area contributed by atoms with E-state index in [0.717, 1.165) is 6.42 Å². The third-order valence-corrected chi connectivity index (χ3v) is 6.08. The van der Waals surface area contributed by atoms with Crippen LogP contribution in [0.3, 0.4) is 0 Å². The number of aliphatic carboxylic acids is 1. The third-order valence-electron chi connectivity index (χ3n) is 6.08. The highest BCUT2D eigenvalue weighted by molar-refractivity contribution is 5.86. The maximum absolute atomic E-state index is 11.1. The summed E-state index contributed by atoms with van der Waals surface area (Å²) in [6, 6.07) is 0. The monoisotopic (exact) mass is 266 g/mol. The number of carboxylic acid groups (broad SMARTS) is 1. The van der Waals surface area contributed by atoms with E-state index in [9.17, 15) is 4.79 Å². The van der Waals surface area contributed by atoms with E-state index in [1.54, 1.807) is 0 Å². The van der Waals surface area contributed by atoms with Gasteiger partial charge in [-0.1, -0.05) is 34.3 Å². The van der Waals surface area contributed by atoms with Gasteiger partial charge >= 0.3 is 5.97 Å². The minimum atomic E-state index is -0.945. The second-order valence-electron chi connectivity index (χ2n) is 6.96. The normalized spacial score (nSPS) is 37.3. The van der Waals surface area contributed by atoms with E-state index < -0.39 is 5.97 Å². The summed E-state index contributed by atoms with van der Waals surface area (Å²) in [5.41, 5.74) is 0.649. The molecule has 3 heteroatoms. The van der Waals surface area contributed by atoms with Crippen molar-refractivity contribution in [1.29, 1.82) is 0 Å². The Labute approximate surface area is 116 Å². The molecular formula is C16H26O3. The molecule has 0 heterocycles. The first-order valence-corrected chi connectivity index (χ1v) is 7.31. The van der Waals surface area contributed by atoms with Crippen LogP contribution in [0, 0.1) is 16.7 Å². The Kier molecular flexibility index (Phi) is 3.54. The Bertz CT molecular complexity index is 399. The molecule has 0 aromatic heterocycles. The fourth-order valence-corrected chi connectivity index (χ4v) is 4.10. The van der Waals surface area contributed by atoms with Gasteiger partial charge in [0.1, 0.15) is 0 Å². The average Bonchev–Trinajstić information content (AvgIpc) is 2.67. The zero-order valence-electron chi connectivity index (χ0n) is 12.5. The molecular weight excluding hydrogens is 240 g/mol. The summed E-state index contributed by atoms with van der Waals surface area (Å²) in [6.45, 7) is 12.6. The maximum Gasteiger partial charge on any atom is 0.333 e. The minimum Gasteiger partial charge on any atom is -0.478 e. The van der Waals surface area contributed by atoms with Gasteiger partial charge in [0.2, 0.25) is 0 Å². The fraction of sp³-hybridized carbons (Fsp3) is 0.812. The molecule has 0 spiro atoms. The predicted molar refractivity (Wildman–Crippen MR) is 75.0 cm³/mol. The van der Waals surface area contributed by atoms with Crippen molar-refractivity contribution < 1.29 is 14.6 Å². The Balaban J connectivity index is 2.13. The van der Waals surface area contributed by atoms with E-state index in [0.29, 0.717) is 17.8 Å². The highest BCUT2D eigenvalue weighted by atomic mass is 16.5. The molecule has 2 aliphatic rings. The van der Waals surface area contributed by atoms with Crippen LogP contribution in [0.4, 0.5) is 0 Å². The molecule has 2 fully saturated rings. The van der Waals surface area contributed by atoms with Crippen molar-refractivity contribution in [3.05, 3.63) is 12.2 Å². The number of carbonyl (C=O) groups is 1. The fourth-order valence-electron chi connectivity index (χ4n) is 4.10. The van der Waals surface area contributed by atoms with Crippen LogP contribution in [-0.2, 0) is 9.53 Å². The first-order chi connectivity index (χ1) is 8.74. The minimum absolute atomic E-state index is 0.169. The van der Waals surface area contributed by atoms with Gasteiger partial charge in [0.05, 0.1) is 17.8 Å². The van der Waals surface area contributed by atoms with Crippen molar-refractivity contribution in [1.82, 2.24) is 0 Å². The second-order valence-corrected chi connectivity index (χ2v) is 6.96. The zero-order chi connectivity index (χ0) is 14.4. The van der Waals surface area contributed by atoms with E-state index in [-0.39, 0.29) is 23.2 Å². The molecule has 19 heavy (non-hydrogen) atoms. The highest BCUT2D eigenvalue weighted by Crippen LogP contribution is 2.66. The van der Waals surface area contributed by atoms with Crippen molar-refractivity contribution in [3.63, 3.8) is 0 Å². The molecule has 1 N–H and O–H groups in total. The van der Waals surface area contributed by atoms with Crippen molar-refractivity contribution in [2.45, 2.75) is 65.6 Å². The van der Waals surface area contributed by atoms with Crippen LogP contribution in [-0.4, -0.2) is 23.3 Å². The van der Waals surface area contributed by atoms with Crippen LogP contribution in [0.25, 0.3) is 0 Å². The number of hydrogen-bond acceptors (Lipinski definition) is 2. The van der Waals surface area contributed by atoms with Gasteiger partial charge < -0.3 is 9.84 Å². The lowest BCUT2D eigenvalue weighted by atomic mass is 9.70. The molecule has 2 saturated carbocycles. The molecule has 0 saturated heterocycles. The molecule has 3 nitrogen and oxygen atoms in total. The van der Waals surface area contributed by atoms with E-state index in [1.807, 2.05) is 6.92 Å². The van der Waals surface area contributed by atoms with Crippen molar-refractivity contribution in [2.24, 2.45) is 16.7 Å². The summed E-state index contributed by atoms with van der Waals surface area (Å²) < 4.78 is 6.18. The zero-order valence-corrected chi connectivity index (χ0v) is 12.5. The number of hydrogen-bond donors (Lipinski definition) is 1. The van der Waals surface area contributed by atoms with Crippen molar-refractivity contribution in [2.75, 3.05) is 0 Å². The highest BCUT2D eigenvalue weighted by Gasteiger charge is 2.62. The topological polar surface area (TPSA) is 46.5 Å². The van der Waals surface area contributed by atoms with Crippen LogP contribution in [0.15, 0.2) is 12.2 Å². The largest absolute Gasteiger partial charge is 0.478 e. The predicted octanol–water partition coefficient (Wildman–Crippen LogP) is 3.64. The number of rotatable bonds is 5. The van der Waals surface area contributed by atoms with Gasteiger partial charge in [-0.05, 0) is 42.4 Å². The van der Waals surface area contributed by atoms with Gasteiger partial charge in [0, 0.05) is 0 Å². The Morgan fingerprint density at radius 1 is 1.47 bits per heavy atom. The standard InChI is InChI=1S/C16H26O3/c1-6-12(10(2)14(17)18)19-13-9-11-7-8-16(13,5)15(11,3)4/h11-13H,2,6-9H2,1,3-5H3,(H,17,18). The van der Waals surface area contributed by atoms with Crippen LogP contribution in [0.2, 0.25) is 0 Å². The molecule has 2 rings (SSSR count). The lowest BCUT2D eigenvalue weighted by Gasteiger charge is -2.40. The molecule has 4 atom stereocenters. The third kappa shape index (κ3) is 2.03. The molecule has 2 aliphatic carbocycles. The number of carboxylic acids is 1. The van der Waals surface area contributed by atoms with Crippen molar-refractivity contribution >= 4 is 5.97 Å². The lowest BCUT2D eigenvalue weighted by molar-refractivity contribution is -0.136. The SMILES string of the molecule is C=C(C(=O)O)C(CC)OC1CC2CCC1(C)C2(C)C. The Morgan fingerprint density at radius 2 is 2.11 bits per heavy atom. The first kappa shape index (κ1) is 14.6. The van der Waals surface area contributed by atoms with Crippen LogP contribution in [0.1, 0.15) is 53.4 Å². The molecule has 0 aromatic rings. The smallest absolute Gasteiger partial charge is 0.333 e. The maximum atomic E-state index is 11.1. The van der Waals surface area contributed by atoms with Gasteiger partial charge in [0.25, 0.3) is 0 Å². The van der Waals surface area contributed by atoms with Crippen LogP contribution < -0.4 is 0 Å². The second kappa shape index (κ2) is 4.62. The van der Waals surface area contributed by atoms with Crippen molar-refractivity contribution in [3.8, 4) is 0 Å². The molecule has 4 unspecified atom stereocenters. The summed E-state index contributed by atoms with van der Waals surface area (Å²) in [4.78, 5) is 11.1. The van der Waals surface area contributed by atoms with E-state index in [4.69, 9.17) is 9.84 Å². The van der Waals surface area contributed by atoms with Crippen LogP contribution in [0.5, 0.6) is 0 Å². The number of ether oxygens (including phenoxy) is 1. The Hall–Kier alpha value is -0.830. The summed E-state index contributed by atoms with van der Waals surface area (Å²) >= 11 is 0. The first-order valence-electron chi connectivity index (χ1n) is 7.31. The van der Waals surface area contributed by atoms with E-state index in [2.05, 4.69) is 27.4 Å². The lowest BCUT2D eigenvalue weighted by Crippen LogP contribution is -2.40.